The number of nitrogens with two attached hydrogens (primary N) is 2. The molecule has 0 bridgehead atoms. The second-order valence-corrected chi connectivity index (χ2v) is 8.55. The van der Waals surface area contributed by atoms with Crippen molar-refractivity contribution in [2.45, 2.75) is 32.8 Å². The monoisotopic (exact) mass is 474 g/mol. The Morgan fingerprint density at radius 2 is 1.91 bits per heavy atom. The van der Waals surface area contributed by atoms with E-state index in [0.717, 1.165) is 18.4 Å². The highest BCUT2D eigenvalue weighted by Crippen LogP contribution is 2.35. The lowest BCUT2D eigenvalue weighted by atomic mass is 10.1. The zero-order valence-corrected chi connectivity index (χ0v) is 19.5. The summed E-state index contributed by atoms with van der Waals surface area (Å²) in [7, 11) is 0. The van der Waals surface area contributed by atoms with Crippen molar-refractivity contribution < 1.29 is 19.4 Å². The molecule has 0 saturated carbocycles. The number of nitrogen functional groups attached to an aromatic ring is 1. The van der Waals surface area contributed by atoms with E-state index in [1.807, 2.05) is 13.0 Å². The summed E-state index contributed by atoms with van der Waals surface area (Å²) < 4.78 is 13.0. The van der Waals surface area contributed by atoms with E-state index in [1.54, 1.807) is 42.0 Å². The number of hydrogen-bond donors (Lipinski definition) is 3. The Kier molecular flexibility index (Phi) is 5.73. The minimum absolute atomic E-state index is 0.0455. The number of hydrogen-bond acceptors (Lipinski definition) is 8. The van der Waals surface area contributed by atoms with Crippen molar-refractivity contribution in [3.8, 4) is 28.7 Å². The lowest BCUT2D eigenvalue weighted by Gasteiger charge is -2.22. The lowest BCUT2D eigenvalue weighted by Crippen LogP contribution is -2.26. The van der Waals surface area contributed by atoms with Gasteiger partial charge < -0.3 is 26.0 Å². The molecule has 1 fully saturated rings. The quantitative estimate of drug-likeness (QED) is 0.399. The summed E-state index contributed by atoms with van der Waals surface area (Å²) in [6, 6.07) is 8.79. The van der Waals surface area contributed by atoms with Gasteiger partial charge in [0, 0.05) is 24.5 Å². The molecule has 10 heteroatoms. The van der Waals surface area contributed by atoms with E-state index in [2.05, 4.69) is 15.0 Å². The van der Waals surface area contributed by atoms with Gasteiger partial charge in [0.15, 0.2) is 5.65 Å². The van der Waals surface area contributed by atoms with Crippen molar-refractivity contribution in [3.63, 3.8) is 0 Å². The molecule has 0 aliphatic carbocycles. The maximum absolute atomic E-state index is 12.4. The van der Waals surface area contributed by atoms with Crippen molar-refractivity contribution in [1.82, 2.24) is 19.5 Å². The SMILES string of the molecule is Cc1ccc(O)c(C)c1-n1c(N)c(C(N)=O)c2nc(-c3cccc(OC4CCOCC4)n3)cnc21. The van der Waals surface area contributed by atoms with Gasteiger partial charge in [-0.2, -0.15) is 0 Å². The summed E-state index contributed by atoms with van der Waals surface area (Å²) in [4.78, 5) is 26.3. The summed E-state index contributed by atoms with van der Waals surface area (Å²) >= 11 is 0. The maximum Gasteiger partial charge on any atom is 0.254 e. The summed E-state index contributed by atoms with van der Waals surface area (Å²) in [6.45, 7) is 4.98. The molecule has 5 N–H and O–H groups in total. The highest BCUT2D eigenvalue weighted by molar-refractivity contribution is 6.09. The molecule has 0 atom stereocenters. The molecular weight excluding hydrogens is 448 g/mol. The van der Waals surface area contributed by atoms with E-state index < -0.39 is 5.91 Å². The van der Waals surface area contributed by atoms with Crippen LogP contribution in [0.3, 0.4) is 0 Å². The Labute approximate surface area is 201 Å². The van der Waals surface area contributed by atoms with E-state index in [0.29, 0.717) is 47.4 Å². The second kappa shape index (κ2) is 8.88. The number of rotatable bonds is 5. The molecule has 0 spiro atoms. The molecule has 4 aromatic rings. The fourth-order valence-electron chi connectivity index (χ4n) is 4.41. The number of pyridine rings is 1. The molecule has 0 unspecified atom stereocenters. The third-order valence-corrected chi connectivity index (χ3v) is 6.21. The molecule has 1 aliphatic rings. The van der Waals surface area contributed by atoms with Crippen LogP contribution in [0.4, 0.5) is 5.82 Å². The van der Waals surface area contributed by atoms with E-state index in [-0.39, 0.29) is 28.8 Å². The van der Waals surface area contributed by atoms with Gasteiger partial charge in [0.2, 0.25) is 5.88 Å². The minimum Gasteiger partial charge on any atom is -0.508 e. The van der Waals surface area contributed by atoms with Crippen LogP contribution in [0, 0.1) is 13.8 Å². The third kappa shape index (κ3) is 4.01. The zero-order valence-electron chi connectivity index (χ0n) is 19.5. The van der Waals surface area contributed by atoms with Gasteiger partial charge in [-0.1, -0.05) is 12.1 Å². The number of phenolic OH excluding ortho intramolecular Hbond substituents is 1. The van der Waals surface area contributed by atoms with Crippen LogP contribution in [0.1, 0.15) is 34.3 Å². The van der Waals surface area contributed by atoms with Crippen LogP contribution in [0.5, 0.6) is 11.6 Å². The number of anilines is 1. The first kappa shape index (κ1) is 22.6. The fourth-order valence-corrected chi connectivity index (χ4v) is 4.41. The average molecular weight is 475 g/mol. The van der Waals surface area contributed by atoms with Crippen molar-refractivity contribution in [3.05, 3.63) is 53.2 Å². The van der Waals surface area contributed by atoms with E-state index in [1.165, 1.54) is 0 Å². The van der Waals surface area contributed by atoms with Crippen LogP contribution in [-0.4, -0.2) is 49.9 Å². The second-order valence-electron chi connectivity index (χ2n) is 8.55. The highest BCUT2D eigenvalue weighted by Gasteiger charge is 2.25. The fraction of sp³-hybridized carbons (Fsp3) is 0.280. The van der Waals surface area contributed by atoms with Crippen molar-refractivity contribution in [2.24, 2.45) is 5.73 Å². The van der Waals surface area contributed by atoms with Gasteiger partial charge in [0.1, 0.15) is 34.4 Å². The van der Waals surface area contributed by atoms with Crippen LogP contribution in [0.25, 0.3) is 28.2 Å². The lowest BCUT2D eigenvalue weighted by molar-refractivity contribution is 0.0238. The molecule has 3 aromatic heterocycles. The number of primary amides is 1. The van der Waals surface area contributed by atoms with Crippen LogP contribution < -0.4 is 16.2 Å². The van der Waals surface area contributed by atoms with Gasteiger partial charge in [-0.15, -0.1) is 0 Å². The Balaban J connectivity index is 1.63. The molecule has 0 radical (unpaired) electrons. The first-order valence-corrected chi connectivity index (χ1v) is 11.3. The number of aromatic nitrogens is 4. The number of aryl methyl sites for hydroxylation is 1. The molecule has 180 valence electrons. The minimum atomic E-state index is -0.724. The molecule has 1 aliphatic heterocycles. The van der Waals surface area contributed by atoms with Gasteiger partial charge in [0.25, 0.3) is 5.91 Å². The normalized spacial score (nSPS) is 14.3. The Morgan fingerprint density at radius 3 is 2.66 bits per heavy atom. The first-order valence-electron chi connectivity index (χ1n) is 11.3. The molecule has 10 nitrogen and oxygen atoms in total. The first-order chi connectivity index (χ1) is 16.8. The summed E-state index contributed by atoms with van der Waals surface area (Å²) in [5.74, 6) is -0.0409. The predicted octanol–water partition coefficient (Wildman–Crippen LogP) is 3.04. The van der Waals surface area contributed by atoms with Gasteiger partial charge in [-0.25, -0.2) is 15.0 Å². The summed E-state index contributed by atoms with van der Waals surface area (Å²) in [6.07, 6.45) is 3.22. The zero-order chi connectivity index (χ0) is 24.7. The molecule has 1 amide bonds. The van der Waals surface area contributed by atoms with Crippen LogP contribution in [0.2, 0.25) is 0 Å². The van der Waals surface area contributed by atoms with E-state index in [4.69, 9.17) is 20.9 Å². The van der Waals surface area contributed by atoms with Crippen LogP contribution in [-0.2, 0) is 4.74 Å². The number of nitrogens with zero attached hydrogens (tertiary/aromatic N) is 4. The summed E-state index contributed by atoms with van der Waals surface area (Å²) in [5, 5.41) is 10.3. The molecule has 1 saturated heterocycles. The average Bonchev–Trinajstić information content (AvgIpc) is 3.14. The van der Waals surface area contributed by atoms with Crippen LogP contribution >= 0.6 is 0 Å². The molecule has 4 heterocycles. The van der Waals surface area contributed by atoms with Gasteiger partial charge in [-0.3, -0.25) is 9.36 Å². The topological polar surface area (TPSA) is 151 Å². The molecule has 5 rings (SSSR count). The maximum atomic E-state index is 12.4. The number of benzene rings is 1. The third-order valence-electron chi connectivity index (χ3n) is 6.21. The number of phenols is 1. The summed E-state index contributed by atoms with van der Waals surface area (Å²) in [5.41, 5.74) is 15.8. The van der Waals surface area contributed by atoms with Crippen molar-refractivity contribution >= 4 is 22.9 Å². The Bertz CT molecular complexity index is 1440. The largest absolute Gasteiger partial charge is 0.508 e. The van der Waals surface area contributed by atoms with Crippen LogP contribution in [0.15, 0.2) is 36.5 Å². The number of carbonyl (C=O) groups is 1. The Morgan fingerprint density at radius 1 is 1.14 bits per heavy atom. The molecule has 1 aromatic carbocycles. The number of amides is 1. The number of fused-ring (bicyclic) bond motifs is 1. The number of carbonyl (C=O) groups excluding carboxylic acids is 1. The Hall–Kier alpha value is -4.18. The smallest absolute Gasteiger partial charge is 0.254 e. The molecule has 35 heavy (non-hydrogen) atoms. The predicted molar refractivity (Wildman–Crippen MR) is 131 cm³/mol. The molecular formula is C25H26N6O4. The van der Waals surface area contributed by atoms with Crippen molar-refractivity contribution in [2.75, 3.05) is 18.9 Å². The van der Waals surface area contributed by atoms with Gasteiger partial charge >= 0.3 is 0 Å². The van der Waals surface area contributed by atoms with Gasteiger partial charge in [-0.05, 0) is 31.5 Å². The van der Waals surface area contributed by atoms with Crippen molar-refractivity contribution in [1.29, 1.82) is 0 Å². The number of ether oxygens (including phenoxy) is 2. The van der Waals surface area contributed by atoms with E-state index in [9.17, 15) is 9.90 Å². The van der Waals surface area contributed by atoms with Gasteiger partial charge in [0.05, 0.1) is 30.8 Å². The highest BCUT2D eigenvalue weighted by atomic mass is 16.5. The standard InChI is InChI=1S/C25H26N6O4/c1-13-6-7-18(32)14(2)22(13)31-23(26)20(24(27)33)21-25(31)28-12-17(30-21)16-4-3-5-19(29-16)35-15-8-10-34-11-9-15/h3-7,12,15,32H,8-11,26H2,1-2H3,(H2,27,33). The number of aromatic hydroxyl groups is 1. The van der Waals surface area contributed by atoms with E-state index >= 15 is 0 Å².